The van der Waals surface area contributed by atoms with Gasteiger partial charge in [-0.3, -0.25) is 4.21 Å². The maximum Gasteiger partial charge on any atom is 1.00 e. The Kier molecular flexibility index (Phi) is 12.2. The van der Waals surface area contributed by atoms with Crippen LogP contribution in [0.5, 0.6) is 0 Å². The third-order valence-electron chi connectivity index (χ3n) is 0. The summed E-state index contributed by atoms with van der Waals surface area (Å²) in [6.07, 6.45) is 0. The summed E-state index contributed by atoms with van der Waals surface area (Å²) in [7, 11) is 1.80. The van der Waals surface area contributed by atoms with Crippen molar-refractivity contribution >= 4 is 21.0 Å². The first kappa shape index (κ1) is 10.1. The molecule has 1 unspecified atom stereocenters. The zero-order chi connectivity index (χ0) is 3.58. The molecule has 0 radical (unpaired) electrons. The first-order chi connectivity index (χ1) is 1.73. The molecule has 26 valence electrons. The van der Waals surface area contributed by atoms with Crippen molar-refractivity contribution in [2.45, 2.75) is 0 Å². The van der Waals surface area contributed by atoms with Gasteiger partial charge in [-0.25, -0.2) is 0 Å². The number of hydrogen-bond donors (Lipinski definition) is 0. The third-order valence-corrected chi connectivity index (χ3v) is 0. The number of halogens is 1. The molecule has 0 saturated heterocycles. The van der Waals surface area contributed by atoms with E-state index >= 15 is 0 Å². The molecule has 0 fully saturated rings. The van der Waals surface area contributed by atoms with Gasteiger partial charge < -0.3 is 4.55 Å². The zero-order valence-corrected chi connectivity index (χ0v) is 7.30. The molecule has 0 bridgehead atoms. The summed E-state index contributed by atoms with van der Waals surface area (Å²) in [5.74, 6) is 0. The van der Waals surface area contributed by atoms with Crippen LogP contribution in [-0.2, 0) is 10.3 Å². The first-order valence-electron chi connectivity index (χ1n) is 0.488. The molecule has 0 saturated carbocycles. The van der Waals surface area contributed by atoms with Crippen molar-refractivity contribution in [3.05, 3.63) is 0 Å². The Bertz CT molecular complexity index is 32.6. The molecule has 5 heteroatoms. The fourth-order valence-electron chi connectivity index (χ4n) is 0. The van der Waals surface area contributed by atoms with E-state index in [0.29, 0.717) is 0 Å². The van der Waals surface area contributed by atoms with Crippen molar-refractivity contribution in [2.75, 3.05) is 0 Å². The normalized spacial score (nSPS) is 12.4. The summed E-state index contributed by atoms with van der Waals surface area (Å²) < 4.78 is 17.5. The Morgan fingerprint density at radius 1 is 1.80 bits per heavy atom. The van der Waals surface area contributed by atoms with Crippen LogP contribution in [0.2, 0.25) is 0 Å². The van der Waals surface area contributed by atoms with E-state index in [0.717, 1.165) is 0 Å². The predicted molar refractivity (Wildman–Crippen MR) is 14.8 cm³/mol. The quantitative estimate of drug-likeness (QED) is 0.204. The van der Waals surface area contributed by atoms with E-state index in [4.69, 9.17) is 8.76 Å². The van der Waals surface area contributed by atoms with Gasteiger partial charge in [0.2, 0.25) is 0 Å². The van der Waals surface area contributed by atoms with Gasteiger partial charge in [-0.15, -0.1) is 0 Å². The molecule has 0 spiro atoms. The molecule has 2 nitrogen and oxygen atoms in total. The van der Waals surface area contributed by atoms with Crippen LogP contribution < -0.4 is 51.4 Å². The second kappa shape index (κ2) is 6.04. The molecule has 0 amide bonds. The zero-order valence-electron chi connectivity index (χ0n) is 2.60. The monoisotopic (exact) mass is 138 g/mol. The van der Waals surface area contributed by atoms with Gasteiger partial charge in [0, 0.05) is 10.3 Å². The number of rotatable bonds is 0. The summed E-state index contributed by atoms with van der Waals surface area (Å²) in [6.45, 7) is 0. The summed E-state index contributed by atoms with van der Waals surface area (Å²) in [6, 6.07) is 0. The van der Waals surface area contributed by atoms with Crippen LogP contribution in [0, 0.1) is 0 Å². The van der Waals surface area contributed by atoms with Gasteiger partial charge in [0.05, 0.1) is 0 Å². The summed E-state index contributed by atoms with van der Waals surface area (Å²) in [4.78, 5) is 0. The molecule has 5 heavy (non-hydrogen) atoms. The summed E-state index contributed by atoms with van der Waals surface area (Å²) in [5.41, 5.74) is 0. The van der Waals surface area contributed by atoms with E-state index in [1.165, 1.54) is 0 Å². The van der Waals surface area contributed by atoms with Crippen molar-refractivity contribution in [3.8, 4) is 0 Å². The molecule has 0 rings (SSSR count). The molecular weight excluding hydrogens is 139 g/mol. The van der Waals surface area contributed by atoms with Gasteiger partial charge in [0.1, 0.15) is 0 Å². The molecule has 0 aromatic rings. The first-order valence-corrected chi connectivity index (χ1v) is 2.39. The Labute approximate surface area is 79.5 Å². The van der Waals surface area contributed by atoms with E-state index < -0.39 is 10.3 Å². The van der Waals surface area contributed by atoms with Gasteiger partial charge in [-0.1, -0.05) is 0 Å². The van der Waals surface area contributed by atoms with Crippen LogP contribution in [0.15, 0.2) is 0 Å². The molecule has 0 heterocycles. The van der Waals surface area contributed by atoms with Crippen molar-refractivity contribution in [2.24, 2.45) is 0 Å². The third kappa shape index (κ3) is 23.7. The van der Waals surface area contributed by atoms with Gasteiger partial charge in [-0.05, 0) is 10.7 Å². The Morgan fingerprint density at radius 2 is 1.80 bits per heavy atom. The van der Waals surface area contributed by atoms with Crippen LogP contribution in [0.3, 0.4) is 0 Å². The molecule has 1 atom stereocenters. The fourth-order valence-corrected chi connectivity index (χ4v) is 0. The molecule has 0 aromatic carbocycles. The van der Waals surface area contributed by atoms with Crippen molar-refractivity contribution in [1.29, 1.82) is 0 Å². The van der Waals surface area contributed by atoms with Gasteiger partial charge in [-0.2, -0.15) is 0 Å². The fraction of sp³-hybridized carbons (Fsp3) is 0. The van der Waals surface area contributed by atoms with E-state index in [1.54, 1.807) is 0 Å². The molecule has 0 aliphatic heterocycles. The van der Waals surface area contributed by atoms with Crippen molar-refractivity contribution in [3.63, 3.8) is 0 Å². The largest absolute Gasteiger partial charge is 1.00 e. The summed E-state index contributed by atoms with van der Waals surface area (Å²) >= 11 is 0. The van der Waals surface area contributed by atoms with Crippen LogP contribution in [-0.4, -0.2) is 8.76 Å². The Morgan fingerprint density at radius 3 is 1.80 bits per heavy atom. The maximum atomic E-state index is 8.77. The molecule has 0 aliphatic rings. The van der Waals surface area contributed by atoms with Crippen LogP contribution >= 0.6 is 10.7 Å². The van der Waals surface area contributed by atoms with Crippen LogP contribution in [0.25, 0.3) is 0 Å². The molecular formula is ClKO2S. The van der Waals surface area contributed by atoms with Crippen LogP contribution in [0.1, 0.15) is 0 Å². The van der Waals surface area contributed by atoms with Gasteiger partial charge in [0.25, 0.3) is 0 Å². The summed E-state index contributed by atoms with van der Waals surface area (Å²) in [5, 5.41) is 0. The Balaban J connectivity index is 0. The minimum atomic E-state index is -2.39. The minimum Gasteiger partial charge on any atom is -0.760 e. The van der Waals surface area contributed by atoms with Gasteiger partial charge in [0.15, 0.2) is 0 Å². The number of hydrogen-bond acceptors (Lipinski definition) is 2. The van der Waals surface area contributed by atoms with Crippen LogP contribution in [0.4, 0.5) is 0 Å². The second-order valence-corrected chi connectivity index (χ2v) is 1.34. The molecule has 0 N–H and O–H groups in total. The predicted octanol–water partition coefficient (Wildman–Crippen LogP) is -2.98. The van der Waals surface area contributed by atoms with E-state index in [2.05, 4.69) is 10.7 Å². The van der Waals surface area contributed by atoms with Gasteiger partial charge >= 0.3 is 51.4 Å². The molecule has 0 aliphatic carbocycles. The molecule has 0 aromatic heterocycles. The SMILES string of the molecule is O=S([O-])Cl.[K+]. The topological polar surface area (TPSA) is 40.1 Å². The smallest absolute Gasteiger partial charge is 0.760 e. The standard InChI is InChI=1S/ClHO2S.K/c1-4(2)3;/h(H,2,3);/q;+1/p-1. The van der Waals surface area contributed by atoms with E-state index in [1.807, 2.05) is 0 Å². The van der Waals surface area contributed by atoms with E-state index in [-0.39, 0.29) is 51.4 Å². The minimum absolute atomic E-state index is 0. The van der Waals surface area contributed by atoms with E-state index in [9.17, 15) is 0 Å². The average Bonchev–Trinajstić information content (AvgIpc) is 0.811. The van der Waals surface area contributed by atoms with Crippen molar-refractivity contribution < 1.29 is 60.1 Å². The second-order valence-electron chi connectivity index (χ2n) is 0.194. The average molecular weight is 139 g/mol. The maximum absolute atomic E-state index is 8.77. The Hall–Kier alpha value is 2.04. The van der Waals surface area contributed by atoms with Crippen molar-refractivity contribution in [1.82, 2.24) is 0 Å².